The van der Waals surface area contributed by atoms with Gasteiger partial charge in [0.25, 0.3) is 5.91 Å². The third kappa shape index (κ3) is 4.29. The van der Waals surface area contributed by atoms with Gasteiger partial charge in [0.05, 0.1) is 17.6 Å². The molecular weight excluding hydrogens is 424 g/mol. The number of carbonyl (C=O) groups excluding carboxylic acids is 1. The topological polar surface area (TPSA) is 54.5 Å². The monoisotopic (exact) mass is 448 g/mol. The third-order valence-electron chi connectivity index (χ3n) is 5.95. The lowest BCUT2D eigenvalue weighted by molar-refractivity contribution is 0.0592. The number of aryl methyl sites for hydroxylation is 1. The first kappa shape index (κ1) is 20.8. The molecule has 4 aromatic rings. The summed E-state index contributed by atoms with van der Waals surface area (Å²) in [4.78, 5) is 21.8. The second-order valence-corrected chi connectivity index (χ2v) is 8.65. The number of aromatic nitrogens is 2. The summed E-state index contributed by atoms with van der Waals surface area (Å²) in [6.07, 6.45) is 0. The smallest absolute Gasteiger partial charge is 0.289 e. The molecule has 32 heavy (non-hydrogen) atoms. The number of fused-ring (bicyclic) bond motifs is 1. The number of rotatable bonds is 5. The number of benzene rings is 2. The summed E-state index contributed by atoms with van der Waals surface area (Å²) < 4.78 is 7.78. The van der Waals surface area contributed by atoms with Gasteiger partial charge in [0.15, 0.2) is 5.76 Å². The Bertz CT molecular complexity index is 1240. The molecule has 2 aromatic carbocycles. The van der Waals surface area contributed by atoms with Crippen LogP contribution in [0.15, 0.2) is 65.1 Å². The first-order valence-corrected chi connectivity index (χ1v) is 11.2. The van der Waals surface area contributed by atoms with Gasteiger partial charge in [-0.2, -0.15) is 0 Å². The maximum Gasteiger partial charge on any atom is 0.289 e. The molecule has 164 valence electrons. The summed E-state index contributed by atoms with van der Waals surface area (Å²) in [5, 5.41) is 0.689. The summed E-state index contributed by atoms with van der Waals surface area (Å²) in [5.41, 5.74) is 3.22. The first-order chi connectivity index (χ1) is 15.6. The fourth-order valence-corrected chi connectivity index (χ4v) is 4.40. The summed E-state index contributed by atoms with van der Waals surface area (Å²) in [6.45, 7) is 6.25. The third-order valence-corrected chi connectivity index (χ3v) is 6.18. The molecular formula is C25H25ClN4O2. The maximum absolute atomic E-state index is 12.7. The molecule has 1 aliphatic heterocycles. The number of piperazine rings is 1. The SMILES string of the molecule is Cc1ccc(C(=O)N2CCN(Cc3nc4cc(Cl)ccc4n3Cc3ccccc3)CC2)o1. The van der Waals surface area contributed by atoms with Crippen LogP contribution in [-0.2, 0) is 13.1 Å². The van der Waals surface area contributed by atoms with Gasteiger partial charge in [0.1, 0.15) is 11.6 Å². The molecule has 1 saturated heterocycles. The van der Waals surface area contributed by atoms with Crippen LogP contribution >= 0.6 is 11.6 Å². The Morgan fingerprint density at radius 1 is 1.00 bits per heavy atom. The Hall–Kier alpha value is -3.09. The standard InChI is InChI=1S/C25H25ClN4O2/c1-18-7-10-23(32-18)25(31)29-13-11-28(12-14-29)17-24-27-21-15-20(26)8-9-22(21)30(24)16-19-5-3-2-4-6-19/h2-10,15H,11-14,16-17H2,1H3. The number of amides is 1. The minimum absolute atomic E-state index is 0.0382. The quantitative estimate of drug-likeness (QED) is 0.448. The van der Waals surface area contributed by atoms with Gasteiger partial charge >= 0.3 is 0 Å². The molecule has 0 aliphatic carbocycles. The minimum Gasteiger partial charge on any atom is -0.456 e. The highest BCUT2D eigenvalue weighted by atomic mass is 35.5. The number of hydrogen-bond acceptors (Lipinski definition) is 4. The van der Waals surface area contributed by atoms with E-state index in [4.69, 9.17) is 21.0 Å². The lowest BCUT2D eigenvalue weighted by atomic mass is 10.2. The van der Waals surface area contributed by atoms with E-state index in [1.807, 2.05) is 42.2 Å². The van der Waals surface area contributed by atoms with Crippen LogP contribution in [0.3, 0.4) is 0 Å². The van der Waals surface area contributed by atoms with E-state index >= 15 is 0 Å². The lowest BCUT2D eigenvalue weighted by Crippen LogP contribution is -2.48. The summed E-state index contributed by atoms with van der Waals surface area (Å²) in [7, 11) is 0. The van der Waals surface area contributed by atoms with Gasteiger partial charge < -0.3 is 13.9 Å². The predicted molar refractivity (Wildman–Crippen MR) is 125 cm³/mol. The zero-order chi connectivity index (χ0) is 22.1. The van der Waals surface area contributed by atoms with Crippen molar-refractivity contribution in [1.29, 1.82) is 0 Å². The molecule has 0 unspecified atom stereocenters. The van der Waals surface area contributed by atoms with Gasteiger partial charge in [-0.25, -0.2) is 4.98 Å². The fraction of sp³-hybridized carbons (Fsp3) is 0.280. The van der Waals surface area contributed by atoms with Gasteiger partial charge in [-0.3, -0.25) is 9.69 Å². The van der Waals surface area contributed by atoms with Gasteiger partial charge in [0, 0.05) is 37.7 Å². The van der Waals surface area contributed by atoms with Crippen LogP contribution in [0.2, 0.25) is 5.02 Å². The molecule has 1 aliphatic rings. The van der Waals surface area contributed by atoms with Crippen molar-refractivity contribution in [2.75, 3.05) is 26.2 Å². The van der Waals surface area contributed by atoms with Crippen LogP contribution in [0.25, 0.3) is 11.0 Å². The average Bonchev–Trinajstić information content (AvgIpc) is 3.38. The van der Waals surface area contributed by atoms with Gasteiger partial charge in [0.2, 0.25) is 0 Å². The molecule has 0 saturated carbocycles. The summed E-state index contributed by atoms with van der Waals surface area (Å²) in [5.74, 6) is 2.14. The minimum atomic E-state index is -0.0382. The number of imidazole rings is 1. The lowest BCUT2D eigenvalue weighted by Gasteiger charge is -2.34. The highest BCUT2D eigenvalue weighted by Crippen LogP contribution is 2.23. The van der Waals surface area contributed by atoms with Crippen LogP contribution < -0.4 is 0 Å². The molecule has 1 amide bonds. The Morgan fingerprint density at radius 3 is 2.50 bits per heavy atom. The largest absolute Gasteiger partial charge is 0.456 e. The Balaban J connectivity index is 1.33. The number of halogens is 1. The van der Waals surface area contributed by atoms with Crippen molar-refractivity contribution in [1.82, 2.24) is 19.4 Å². The van der Waals surface area contributed by atoms with E-state index in [9.17, 15) is 4.79 Å². The van der Waals surface area contributed by atoms with E-state index in [1.165, 1.54) is 5.56 Å². The molecule has 2 aromatic heterocycles. The zero-order valence-electron chi connectivity index (χ0n) is 18.0. The normalized spacial score (nSPS) is 14.9. The van der Waals surface area contributed by atoms with Crippen molar-refractivity contribution >= 4 is 28.5 Å². The number of hydrogen-bond donors (Lipinski definition) is 0. The summed E-state index contributed by atoms with van der Waals surface area (Å²) in [6, 6.07) is 19.9. The van der Waals surface area contributed by atoms with Crippen molar-refractivity contribution in [2.24, 2.45) is 0 Å². The molecule has 5 rings (SSSR count). The van der Waals surface area contributed by atoms with Crippen LogP contribution in [0, 0.1) is 6.92 Å². The zero-order valence-corrected chi connectivity index (χ0v) is 18.8. The predicted octanol–water partition coefficient (Wildman–Crippen LogP) is 4.60. The van der Waals surface area contributed by atoms with E-state index in [2.05, 4.69) is 33.7 Å². The molecule has 6 nitrogen and oxygen atoms in total. The number of nitrogens with zero attached hydrogens (tertiary/aromatic N) is 4. The molecule has 0 atom stereocenters. The Labute approximate surface area is 192 Å². The highest BCUT2D eigenvalue weighted by Gasteiger charge is 2.25. The molecule has 1 fully saturated rings. The Kier molecular flexibility index (Phi) is 5.72. The van der Waals surface area contributed by atoms with Crippen molar-refractivity contribution in [3.8, 4) is 0 Å². The van der Waals surface area contributed by atoms with E-state index in [0.29, 0.717) is 23.9 Å². The van der Waals surface area contributed by atoms with Crippen LogP contribution in [0.5, 0.6) is 0 Å². The summed E-state index contributed by atoms with van der Waals surface area (Å²) >= 11 is 6.23. The van der Waals surface area contributed by atoms with E-state index < -0.39 is 0 Å². The molecule has 3 heterocycles. The maximum atomic E-state index is 12.7. The van der Waals surface area contributed by atoms with Crippen LogP contribution in [0.1, 0.15) is 27.7 Å². The van der Waals surface area contributed by atoms with Crippen LogP contribution in [0.4, 0.5) is 0 Å². The average molecular weight is 449 g/mol. The molecule has 0 N–H and O–H groups in total. The van der Waals surface area contributed by atoms with Gasteiger partial charge in [-0.05, 0) is 42.8 Å². The highest BCUT2D eigenvalue weighted by molar-refractivity contribution is 6.31. The van der Waals surface area contributed by atoms with Crippen molar-refractivity contribution in [3.05, 3.63) is 88.6 Å². The Morgan fingerprint density at radius 2 is 1.78 bits per heavy atom. The molecule has 7 heteroatoms. The fourth-order valence-electron chi connectivity index (χ4n) is 4.23. The molecule has 0 radical (unpaired) electrons. The van der Waals surface area contributed by atoms with E-state index in [0.717, 1.165) is 48.8 Å². The van der Waals surface area contributed by atoms with Gasteiger partial charge in [-0.15, -0.1) is 0 Å². The van der Waals surface area contributed by atoms with Crippen molar-refractivity contribution in [3.63, 3.8) is 0 Å². The van der Waals surface area contributed by atoms with E-state index in [1.54, 1.807) is 6.07 Å². The second-order valence-electron chi connectivity index (χ2n) is 8.21. The molecule has 0 bridgehead atoms. The van der Waals surface area contributed by atoms with Crippen LogP contribution in [-0.4, -0.2) is 51.4 Å². The van der Waals surface area contributed by atoms with Gasteiger partial charge in [-0.1, -0.05) is 41.9 Å². The van der Waals surface area contributed by atoms with E-state index in [-0.39, 0.29) is 5.91 Å². The second kappa shape index (κ2) is 8.81. The molecule has 0 spiro atoms. The van der Waals surface area contributed by atoms with Crippen molar-refractivity contribution < 1.29 is 9.21 Å². The van der Waals surface area contributed by atoms with Crippen molar-refractivity contribution in [2.45, 2.75) is 20.0 Å². The first-order valence-electron chi connectivity index (χ1n) is 10.8. The number of carbonyl (C=O) groups is 1. The number of furan rings is 1.